The highest BCUT2D eigenvalue weighted by Crippen LogP contribution is 2.33. The van der Waals surface area contributed by atoms with Crippen LogP contribution in [0.25, 0.3) is 0 Å². The van der Waals surface area contributed by atoms with Gasteiger partial charge in [0.15, 0.2) is 0 Å². The molecule has 0 aliphatic rings. The van der Waals surface area contributed by atoms with Gasteiger partial charge < -0.3 is 10.1 Å². The lowest BCUT2D eigenvalue weighted by atomic mass is 10.1. The number of nitrogens with one attached hydrogen (secondary N) is 1. The molecule has 3 aromatic rings. The largest absolute Gasteiger partial charge is 0.496 e. The first-order valence-corrected chi connectivity index (χ1v) is 11.9. The summed E-state index contributed by atoms with van der Waals surface area (Å²) in [6.45, 7) is 1.32. The van der Waals surface area contributed by atoms with Crippen molar-refractivity contribution in [3.8, 4) is 5.75 Å². The summed E-state index contributed by atoms with van der Waals surface area (Å²) in [4.78, 5) is 13.0. The number of nitrogens with zero attached hydrogens (tertiary/aromatic N) is 1. The molecular formula is C23H22Cl2N2O4S. The Morgan fingerprint density at radius 3 is 2.34 bits per heavy atom. The van der Waals surface area contributed by atoms with Crippen LogP contribution >= 0.6 is 23.2 Å². The molecule has 1 N–H and O–H groups in total. The van der Waals surface area contributed by atoms with Crippen molar-refractivity contribution in [2.75, 3.05) is 18.0 Å². The molecule has 168 valence electrons. The highest BCUT2D eigenvalue weighted by molar-refractivity contribution is 7.92. The number of sulfonamides is 1. The van der Waals surface area contributed by atoms with E-state index >= 15 is 0 Å². The minimum absolute atomic E-state index is 0.0385. The summed E-state index contributed by atoms with van der Waals surface area (Å²) in [6.07, 6.45) is 0. The van der Waals surface area contributed by atoms with E-state index < -0.39 is 28.5 Å². The van der Waals surface area contributed by atoms with Crippen molar-refractivity contribution in [3.63, 3.8) is 0 Å². The van der Waals surface area contributed by atoms with Crippen LogP contribution in [0.2, 0.25) is 10.0 Å². The lowest BCUT2D eigenvalue weighted by Gasteiger charge is -2.26. The molecule has 1 atom stereocenters. The van der Waals surface area contributed by atoms with Gasteiger partial charge in [-0.25, -0.2) is 8.42 Å². The second-order valence-corrected chi connectivity index (χ2v) is 9.66. The monoisotopic (exact) mass is 492 g/mol. The quantitative estimate of drug-likeness (QED) is 0.475. The zero-order valence-electron chi connectivity index (χ0n) is 17.5. The Labute approximate surface area is 197 Å². The van der Waals surface area contributed by atoms with E-state index in [1.54, 1.807) is 38.3 Å². The molecule has 3 rings (SSSR count). The molecular weight excluding hydrogens is 471 g/mol. The van der Waals surface area contributed by atoms with Crippen molar-refractivity contribution in [1.29, 1.82) is 0 Å². The third-order valence-electron chi connectivity index (χ3n) is 4.78. The average Bonchev–Trinajstić information content (AvgIpc) is 2.78. The number of anilines is 1. The lowest BCUT2D eigenvalue weighted by molar-refractivity contribution is -0.120. The number of hydrogen-bond acceptors (Lipinski definition) is 4. The molecule has 0 aromatic heterocycles. The zero-order chi connectivity index (χ0) is 23.3. The predicted octanol–water partition coefficient (Wildman–Crippen LogP) is 5.07. The van der Waals surface area contributed by atoms with E-state index in [1.807, 2.05) is 18.2 Å². The van der Waals surface area contributed by atoms with Crippen LogP contribution in [0.1, 0.15) is 18.5 Å². The predicted molar refractivity (Wildman–Crippen MR) is 127 cm³/mol. The highest BCUT2D eigenvalue weighted by Gasteiger charge is 2.29. The number of rotatable bonds is 8. The molecule has 0 saturated carbocycles. The topological polar surface area (TPSA) is 75.7 Å². The number of carbonyl (C=O) groups excluding carboxylic acids is 1. The van der Waals surface area contributed by atoms with Crippen LogP contribution in [0.4, 0.5) is 5.69 Å². The summed E-state index contributed by atoms with van der Waals surface area (Å²) in [5.41, 5.74) is 0.922. The van der Waals surface area contributed by atoms with Gasteiger partial charge in [0, 0.05) is 10.6 Å². The van der Waals surface area contributed by atoms with Crippen LogP contribution in [-0.4, -0.2) is 28.0 Å². The normalized spacial score (nSPS) is 12.1. The Kier molecular flexibility index (Phi) is 7.66. The number of amides is 1. The summed E-state index contributed by atoms with van der Waals surface area (Å²) in [7, 11) is -2.53. The maximum absolute atomic E-state index is 13.4. The number of methoxy groups -OCH3 is 1. The molecule has 0 aliphatic carbocycles. The molecule has 0 aliphatic heterocycles. The first-order chi connectivity index (χ1) is 15.2. The van der Waals surface area contributed by atoms with Gasteiger partial charge in [0.2, 0.25) is 5.91 Å². The molecule has 0 heterocycles. The van der Waals surface area contributed by atoms with Crippen LogP contribution in [0.15, 0.2) is 77.7 Å². The van der Waals surface area contributed by atoms with Crippen molar-refractivity contribution < 1.29 is 17.9 Å². The number of hydrogen-bond donors (Lipinski definition) is 1. The smallest absolute Gasteiger partial charge is 0.264 e. The van der Waals surface area contributed by atoms with Crippen LogP contribution in [0, 0.1) is 0 Å². The van der Waals surface area contributed by atoms with E-state index in [0.29, 0.717) is 10.8 Å². The summed E-state index contributed by atoms with van der Waals surface area (Å²) in [5.74, 6) is 0.115. The molecule has 6 nitrogen and oxygen atoms in total. The fourth-order valence-corrected chi connectivity index (χ4v) is 5.24. The standard InChI is InChI=1S/C23H22Cl2N2O4S/c1-16(19-10-6-7-11-22(19)31-2)26-23(28)15-27(21-13-12-17(24)14-20(21)25)32(29,30)18-8-4-3-5-9-18/h3-14,16H,15H2,1-2H3,(H,26,28). The maximum atomic E-state index is 13.4. The van der Waals surface area contributed by atoms with Crippen molar-refractivity contribution in [2.45, 2.75) is 17.9 Å². The molecule has 0 spiro atoms. The molecule has 9 heteroatoms. The fraction of sp³-hybridized carbons (Fsp3) is 0.174. The molecule has 1 unspecified atom stereocenters. The minimum atomic E-state index is -4.08. The molecule has 0 fully saturated rings. The second kappa shape index (κ2) is 10.3. The number of ether oxygens (including phenoxy) is 1. The van der Waals surface area contributed by atoms with Crippen LogP contribution in [0.5, 0.6) is 5.75 Å². The highest BCUT2D eigenvalue weighted by atomic mass is 35.5. The molecule has 0 saturated heterocycles. The van der Waals surface area contributed by atoms with Crippen molar-refractivity contribution in [2.24, 2.45) is 0 Å². The summed E-state index contributed by atoms with van der Waals surface area (Å²) >= 11 is 12.3. The first-order valence-electron chi connectivity index (χ1n) is 9.69. The van der Waals surface area contributed by atoms with Gasteiger partial charge in [0.25, 0.3) is 10.0 Å². The van der Waals surface area contributed by atoms with Crippen LogP contribution in [0.3, 0.4) is 0 Å². The number of halogens is 2. The van der Waals surface area contributed by atoms with Gasteiger partial charge in [-0.3, -0.25) is 9.10 Å². The molecule has 0 bridgehead atoms. The Morgan fingerprint density at radius 2 is 1.69 bits per heavy atom. The molecule has 32 heavy (non-hydrogen) atoms. The zero-order valence-corrected chi connectivity index (χ0v) is 19.8. The van der Waals surface area contributed by atoms with E-state index in [4.69, 9.17) is 27.9 Å². The van der Waals surface area contributed by atoms with E-state index in [0.717, 1.165) is 9.87 Å². The van der Waals surface area contributed by atoms with E-state index in [2.05, 4.69) is 5.32 Å². The fourth-order valence-electron chi connectivity index (χ4n) is 3.22. The molecule has 0 radical (unpaired) electrons. The van der Waals surface area contributed by atoms with E-state index in [-0.39, 0.29) is 15.6 Å². The van der Waals surface area contributed by atoms with Gasteiger partial charge in [0.1, 0.15) is 12.3 Å². The van der Waals surface area contributed by atoms with Crippen LogP contribution < -0.4 is 14.4 Å². The third kappa shape index (κ3) is 5.35. The Hall–Kier alpha value is -2.74. The second-order valence-electron chi connectivity index (χ2n) is 6.95. The van der Waals surface area contributed by atoms with Gasteiger partial charge in [-0.05, 0) is 43.3 Å². The third-order valence-corrected chi connectivity index (χ3v) is 7.09. The van der Waals surface area contributed by atoms with Gasteiger partial charge in [0.05, 0.1) is 28.8 Å². The van der Waals surface area contributed by atoms with Gasteiger partial charge >= 0.3 is 0 Å². The van der Waals surface area contributed by atoms with Gasteiger partial charge in [-0.1, -0.05) is 59.6 Å². The SMILES string of the molecule is COc1ccccc1C(C)NC(=O)CN(c1ccc(Cl)cc1Cl)S(=O)(=O)c1ccccc1. The molecule has 3 aromatic carbocycles. The van der Waals surface area contributed by atoms with Gasteiger partial charge in [-0.2, -0.15) is 0 Å². The lowest BCUT2D eigenvalue weighted by Crippen LogP contribution is -2.41. The van der Waals surface area contributed by atoms with Crippen molar-refractivity contribution >= 4 is 44.8 Å². The Bertz CT molecular complexity index is 1200. The number of carbonyl (C=O) groups is 1. The Balaban J connectivity index is 1.93. The molecule has 1 amide bonds. The number of para-hydroxylation sites is 1. The summed E-state index contributed by atoms with van der Waals surface area (Å²) in [6, 6.07) is 19.1. The average molecular weight is 493 g/mol. The summed E-state index contributed by atoms with van der Waals surface area (Å²) in [5, 5.41) is 3.30. The van der Waals surface area contributed by atoms with Crippen molar-refractivity contribution in [3.05, 3.63) is 88.4 Å². The van der Waals surface area contributed by atoms with Crippen molar-refractivity contribution in [1.82, 2.24) is 5.32 Å². The minimum Gasteiger partial charge on any atom is -0.496 e. The van der Waals surface area contributed by atoms with Crippen LogP contribution in [-0.2, 0) is 14.8 Å². The maximum Gasteiger partial charge on any atom is 0.264 e. The summed E-state index contributed by atoms with van der Waals surface area (Å²) < 4.78 is 33.1. The van der Waals surface area contributed by atoms with E-state index in [1.165, 1.54) is 30.3 Å². The number of benzene rings is 3. The van der Waals surface area contributed by atoms with E-state index in [9.17, 15) is 13.2 Å². The Morgan fingerprint density at radius 1 is 1.03 bits per heavy atom. The first kappa shape index (κ1) is 23.9. The van der Waals surface area contributed by atoms with Gasteiger partial charge in [-0.15, -0.1) is 0 Å².